The van der Waals surface area contributed by atoms with Crippen LogP contribution in [-0.4, -0.2) is 24.0 Å². The van der Waals surface area contributed by atoms with Gasteiger partial charge in [-0.05, 0) is 37.6 Å². The zero-order chi connectivity index (χ0) is 14.3. The van der Waals surface area contributed by atoms with Crippen molar-refractivity contribution < 1.29 is 0 Å². The van der Waals surface area contributed by atoms with Crippen LogP contribution in [0.25, 0.3) is 0 Å². The molecule has 0 amide bonds. The Hall–Kier alpha value is -0.380. The van der Waals surface area contributed by atoms with E-state index in [-0.39, 0.29) is 5.54 Å². The van der Waals surface area contributed by atoms with Crippen LogP contribution in [0.15, 0.2) is 28.7 Å². The van der Waals surface area contributed by atoms with Gasteiger partial charge >= 0.3 is 0 Å². The van der Waals surface area contributed by atoms with Gasteiger partial charge in [-0.1, -0.05) is 54.8 Å². The molecule has 1 aromatic carbocycles. The molecule has 3 heteroatoms. The van der Waals surface area contributed by atoms with Crippen molar-refractivity contribution in [1.29, 1.82) is 0 Å². The molecule has 0 fully saturated rings. The van der Waals surface area contributed by atoms with Gasteiger partial charge in [-0.3, -0.25) is 4.90 Å². The molecule has 1 rings (SSSR count). The Morgan fingerprint density at radius 2 is 1.84 bits per heavy atom. The van der Waals surface area contributed by atoms with Crippen LogP contribution in [0.2, 0.25) is 0 Å². The fourth-order valence-electron chi connectivity index (χ4n) is 2.58. The van der Waals surface area contributed by atoms with E-state index in [2.05, 4.69) is 66.0 Å². The van der Waals surface area contributed by atoms with Gasteiger partial charge in [0.1, 0.15) is 0 Å². The number of likely N-dealkylation sites (N-methyl/N-ethyl adjacent to an activating group) is 1. The van der Waals surface area contributed by atoms with Crippen LogP contribution in [0.5, 0.6) is 0 Å². The van der Waals surface area contributed by atoms with Gasteiger partial charge in [-0.15, -0.1) is 0 Å². The summed E-state index contributed by atoms with van der Waals surface area (Å²) in [5.41, 5.74) is 7.57. The van der Waals surface area contributed by atoms with Crippen LogP contribution >= 0.6 is 15.9 Å². The van der Waals surface area contributed by atoms with Gasteiger partial charge in [0.05, 0.1) is 0 Å². The molecule has 0 heterocycles. The highest BCUT2D eigenvalue weighted by Crippen LogP contribution is 2.26. The van der Waals surface area contributed by atoms with E-state index >= 15 is 0 Å². The number of unbranched alkanes of at least 4 members (excludes halogenated alkanes) is 1. The van der Waals surface area contributed by atoms with E-state index in [4.69, 9.17) is 5.73 Å². The molecule has 0 saturated carbocycles. The van der Waals surface area contributed by atoms with Crippen molar-refractivity contribution in [3.63, 3.8) is 0 Å². The Bertz CT molecular complexity index is 358. The average molecular weight is 327 g/mol. The third kappa shape index (κ3) is 4.59. The van der Waals surface area contributed by atoms with Gasteiger partial charge in [0.25, 0.3) is 0 Å². The maximum absolute atomic E-state index is 6.09. The summed E-state index contributed by atoms with van der Waals surface area (Å²) in [6, 6.07) is 8.56. The first-order valence-corrected chi connectivity index (χ1v) is 8.03. The Morgan fingerprint density at radius 3 is 2.32 bits per heavy atom. The summed E-state index contributed by atoms with van der Waals surface area (Å²) >= 11 is 3.48. The normalized spacial score (nSPS) is 14.6. The van der Waals surface area contributed by atoms with Crippen molar-refractivity contribution >= 4 is 15.9 Å². The quantitative estimate of drug-likeness (QED) is 0.776. The number of hydrogen-bond acceptors (Lipinski definition) is 2. The summed E-state index contributed by atoms with van der Waals surface area (Å²) < 4.78 is 1.13. The monoisotopic (exact) mass is 326 g/mol. The highest BCUT2D eigenvalue weighted by atomic mass is 79.9. The number of rotatable bonds is 8. The van der Waals surface area contributed by atoms with Crippen molar-refractivity contribution in [2.75, 3.05) is 13.6 Å². The second-order valence-corrected chi connectivity index (χ2v) is 6.28. The fraction of sp³-hybridized carbons (Fsp3) is 0.625. The predicted molar refractivity (Wildman–Crippen MR) is 87.2 cm³/mol. The molecule has 0 aliphatic heterocycles. The number of hydrogen-bond donors (Lipinski definition) is 1. The zero-order valence-corrected chi connectivity index (χ0v) is 14.0. The molecule has 2 nitrogen and oxygen atoms in total. The SMILES string of the molecule is CCCCC(CC)(CN)N(C)Cc1ccc(Br)cc1. The molecule has 0 spiro atoms. The maximum Gasteiger partial charge on any atom is 0.0329 e. The average Bonchev–Trinajstić information content (AvgIpc) is 2.43. The van der Waals surface area contributed by atoms with Crippen LogP contribution in [-0.2, 0) is 6.54 Å². The number of benzene rings is 1. The number of nitrogens with zero attached hydrogens (tertiary/aromatic N) is 1. The van der Waals surface area contributed by atoms with E-state index in [0.717, 1.165) is 24.0 Å². The molecule has 108 valence electrons. The summed E-state index contributed by atoms with van der Waals surface area (Å²) in [7, 11) is 2.20. The van der Waals surface area contributed by atoms with Crippen molar-refractivity contribution in [3.8, 4) is 0 Å². The van der Waals surface area contributed by atoms with Gasteiger partial charge in [-0.25, -0.2) is 0 Å². The Morgan fingerprint density at radius 1 is 1.21 bits per heavy atom. The molecule has 0 aliphatic carbocycles. The van der Waals surface area contributed by atoms with E-state index in [1.165, 1.54) is 24.8 Å². The highest BCUT2D eigenvalue weighted by molar-refractivity contribution is 9.10. The number of nitrogens with two attached hydrogens (primary N) is 1. The Labute approximate surface area is 126 Å². The Balaban J connectivity index is 2.75. The van der Waals surface area contributed by atoms with Gasteiger partial charge < -0.3 is 5.73 Å². The second kappa shape index (κ2) is 8.03. The van der Waals surface area contributed by atoms with Crippen LogP contribution in [0.4, 0.5) is 0 Å². The van der Waals surface area contributed by atoms with Gasteiger partial charge in [0, 0.05) is 23.1 Å². The van der Waals surface area contributed by atoms with Crippen molar-refractivity contribution in [2.24, 2.45) is 5.73 Å². The standard InChI is InChI=1S/C16H27BrN2/c1-4-6-11-16(5-2,13-18)19(3)12-14-7-9-15(17)10-8-14/h7-10H,4-6,11-13,18H2,1-3H3. The zero-order valence-electron chi connectivity index (χ0n) is 12.5. The molecule has 0 aliphatic rings. The fourth-order valence-corrected chi connectivity index (χ4v) is 2.84. The summed E-state index contributed by atoms with van der Waals surface area (Å²) in [6.45, 7) is 6.19. The molecule has 1 unspecified atom stereocenters. The largest absolute Gasteiger partial charge is 0.329 e. The van der Waals surface area contributed by atoms with Crippen LogP contribution in [0.3, 0.4) is 0 Å². The molecule has 0 radical (unpaired) electrons. The first-order chi connectivity index (χ1) is 9.07. The van der Waals surface area contributed by atoms with E-state index < -0.39 is 0 Å². The van der Waals surface area contributed by atoms with E-state index in [1.54, 1.807) is 0 Å². The summed E-state index contributed by atoms with van der Waals surface area (Å²) in [4.78, 5) is 2.44. The molecule has 2 N–H and O–H groups in total. The maximum atomic E-state index is 6.09. The van der Waals surface area contributed by atoms with Crippen LogP contribution in [0, 0.1) is 0 Å². The third-order valence-electron chi connectivity index (χ3n) is 4.18. The van der Waals surface area contributed by atoms with E-state index in [1.807, 2.05) is 0 Å². The predicted octanol–water partition coefficient (Wildman–Crippen LogP) is 4.18. The number of halogens is 1. The molecular weight excluding hydrogens is 300 g/mol. The van der Waals surface area contributed by atoms with Crippen molar-refractivity contribution in [2.45, 2.75) is 51.6 Å². The van der Waals surface area contributed by atoms with E-state index in [9.17, 15) is 0 Å². The minimum absolute atomic E-state index is 0.142. The van der Waals surface area contributed by atoms with Crippen LogP contribution in [0.1, 0.15) is 45.1 Å². The summed E-state index contributed by atoms with van der Waals surface area (Å²) in [6.07, 6.45) is 4.77. The smallest absolute Gasteiger partial charge is 0.0329 e. The van der Waals surface area contributed by atoms with Gasteiger partial charge in [-0.2, -0.15) is 0 Å². The second-order valence-electron chi connectivity index (χ2n) is 5.37. The van der Waals surface area contributed by atoms with Crippen LogP contribution < -0.4 is 5.73 Å². The molecule has 1 atom stereocenters. The topological polar surface area (TPSA) is 29.3 Å². The molecular formula is C16H27BrN2. The lowest BCUT2D eigenvalue weighted by Crippen LogP contribution is -2.51. The minimum Gasteiger partial charge on any atom is -0.329 e. The van der Waals surface area contributed by atoms with Gasteiger partial charge in [0.15, 0.2) is 0 Å². The van der Waals surface area contributed by atoms with E-state index in [0.29, 0.717) is 0 Å². The summed E-state index contributed by atoms with van der Waals surface area (Å²) in [5, 5.41) is 0. The first kappa shape index (κ1) is 16.7. The molecule has 0 saturated heterocycles. The lowest BCUT2D eigenvalue weighted by Gasteiger charge is -2.41. The van der Waals surface area contributed by atoms with Crippen molar-refractivity contribution in [1.82, 2.24) is 4.90 Å². The Kier molecular flexibility index (Phi) is 7.05. The van der Waals surface area contributed by atoms with Gasteiger partial charge in [0.2, 0.25) is 0 Å². The van der Waals surface area contributed by atoms with Crippen molar-refractivity contribution in [3.05, 3.63) is 34.3 Å². The summed E-state index contributed by atoms with van der Waals surface area (Å²) in [5.74, 6) is 0. The molecule has 0 aromatic heterocycles. The molecule has 1 aromatic rings. The minimum atomic E-state index is 0.142. The highest BCUT2D eigenvalue weighted by Gasteiger charge is 2.30. The lowest BCUT2D eigenvalue weighted by atomic mass is 9.87. The lowest BCUT2D eigenvalue weighted by molar-refractivity contribution is 0.0999. The third-order valence-corrected chi connectivity index (χ3v) is 4.71. The molecule has 0 bridgehead atoms. The molecule has 19 heavy (non-hydrogen) atoms. The first-order valence-electron chi connectivity index (χ1n) is 7.23.